The maximum Gasteiger partial charge on any atom is 0.252 e. The second-order valence-corrected chi connectivity index (χ2v) is 8.17. The predicted octanol–water partition coefficient (Wildman–Crippen LogP) is 3.78. The van der Waals surface area contributed by atoms with Gasteiger partial charge in [-0.25, -0.2) is 0 Å². The molecule has 0 saturated carbocycles. The summed E-state index contributed by atoms with van der Waals surface area (Å²) in [6.07, 6.45) is 1.57. The summed E-state index contributed by atoms with van der Waals surface area (Å²) in [6, 6.07) is 3.90. The summed E-state index contributed by atoms with van der Waals surface area (Å²) in [4.78, 5) is 12.2. The largest absolute Gasteiger partial charge is 0.388 e. The third-order valence-corrected chi connectivity index (χ3v) is 6.32. The first-order chi connectivity index (χ1) is 8.76. The van der Waals surface area contributed by atoms with E-state index >= 15 is 0 Å². The first kappa shape index (κ1) is 17.9. The molecule has 1 aromatic rings. The Kier molecular flexibility index (Phi) is 7.28. The fourth-order valence-corrected chi connectivity index (χ4v) is 4.12. The Labute approximate surface area is 154 Å². The summed E-state index contributed by atoms with van der Waals surface area (Å²) in [5.74, 6) is -0.128. The molecule has 0 fully saturated rings. The number of carbonyl (C=O) groups excluding carboxylic acids is 1. The minimum absolute atomic E-state index is 0.128. The molecule has 6 heteroatoms. The molecule has 0 saturated heterocycles. The van der Waals surface area contributed by atoms with Gasteiger partial charge in [0.05, 0.1) is 11.2 Å². The number of rotatable bonds is 5. The summed E-state index contributed by atoms with van der Waals surface area (Å²) in [5, 5.41) is 12.9. The lowest BCUT2D eigenvalue weighted by molar-refractivity contribution is 0.0469. The van der Waals surface area contributed by atoms with Crippen LogP contribution in [-0.2, 0) is 0 Å². The highest BCUT2D eigenvalue weighted by Crippen LogP contribution is 2.23. The van der Waals surface area contributed by atoms with Gasteiger partial charge in [-0.3, -0.25) is 4.79 Å². The first-order valence-corrected chi connectivity index (χ1v) is 9.15. The van der Waals surface area contributed by atoms with Crippen LogP contribution >= 0.6 is 67.8 Å². The van der Waals surface area contributed by atoms with Crippen molar-refractivity contribution in [1.29, 1.82) is 0 Å². The molecule has 0 bridgehead atoms. The van der Waals surface area contributed by atoms with Crippen LogP contribution in [0.15, 0.2) is 12.1 Å². The van der Waals surface area contributed by atoms with E-state index in [2.05, 4.69) is 73.1 Å². The van der Waals surface area contributed by atoms with E-state index in [-0.39, 0.29) is 12.5 Å². The maximum absolute atomic E-state index is 12.2. The number of halogens is 3. The highest BCUT2D eigenvalue weighted by atomic mass is 127. The zero-order valence-electron chi connectivity index (χ0n) is 10.8. The summed E-state index contributed by atoms with van der Waals surface area (Å²) in [7, 11) is 0. The van der Waals surface area contributed by atoms with Crippen molar-refractivity contribution in [3.05, 3.63) is 28.4 Å². The topological polar surface area (TPSA) is 49.3 Å². The molecule has 3 nitrogen and oxygen atoms in total. The summed E-state index contributed by atoms with van der Waals surface area (Å²) in [5.41, 5.74) is -0.172. The molecule has 0 aliphatic carbocycles. The van der Waals surface area contributed by atoms with E-state index < -0.39 is 5.60 Å². The van der Waals surface area contributed by atoms with Crippen LogP contribution in [0.3, 0.4) is 0 Å². The first-order valence-electron chi connectivity index (χ1n) is 5.92. The van der Waals surface area contributed by atoms with E-state index in [0.29, 0.717) is 12.0 Å². The average molecular weight is 599 g/mol. The Morgan fingerprint density at radius 2 is 2.00 bits per heavy atom. The minimum Gasteiger partial charge on any atom is -0.388 e. The molecule has 1 atom stereocenters. The molecule has 0 aliphatic rings. The smallest absolute Gasteiger partial charge is 0.252 e. The van der Waals surface area contributed by atoms with Gasteiger partial charge in [-0.2, -0.15) is 0 Å². The van der Waals surface area contributed by atoms with Gasteiger partial charge in [-0.05, 0) is 93.2 Å². The Bertz CT molecular complexity index is 475. The van der Waals surface area contributed by atoms with Crippen LogP contribution < -0.4 is 5.32 Å². The molecule has 2 N–H and O–H groups in total. The zero-order chi connectivity index (χ0) is 14.6. The summed E-state index contributed by atoms with van der Waals surface area (Å²) in [6.45, 7) is 4.04. The number of hydrogen-bond donors (Lipinski definition) is 2. The number of aliphatic hydroxyl groups is 1. The van der Waals surface area contributed by atoms with Gasteiger partial charge in [0, 0.05) is 17.3 Å². The van der Waals surface area contributed by atoms with Crippen molar-refractivity contribution in [2.45, 2.75) is 32.3 Å². The van der Waals surface area contributed by atoms with E-state index in [9.17, 15) is 9.90 Å². The van der Waals surface area contributed by atoms with Crippen LogP contribution in [0.4, 0.5) is 0 Å². The molecule has 106 valence electrons. The fraction of sp³-hybridized carbons (Fsp3) is 0.462. The van der Waals surface area contributed by atoms with Crippen LogP contribution in [0, 0.1) is 10.7 Å². The lowest BCUT2D eigenvalue weighted by Crippen LogP contribution is -2.40. The average Bonchev–Trinajstić information content (AvgIpc) is 2.31. The molecule has 0 radical (unpaired) electrons. The molecular formula is C13H16I3NO2. The Balaban J connectivity index is 2.80. The van der Waals surface area contributed by atoms with Gasteiger partial charge in [0.1, 0.15) is 0 Å². The summed E-state index contributed by atoms with van der Waals surface area (Å²) >= 11 is 6.61. The number of amides is 1. The van der Waals surface area contributed by atoms with Crippen molar-refractivity contribution in [3.63, 3.8) is 0 Å². The van der Waals surface area contributed by atoms with Gasteiger partial charge in [-0.1, -0.05) is 13.3 Å². The molecule has 1 aromatic carbocycles. The van der Waals surface area contributed by atoms with Crippen molar-refractivity contribution in [2.24, 2.45) is 0 Å². The molecule has 0 aromatic heterocycles. The second kappa shape index (κ2) is 7.74. The quantitative estimate of drug-likeness (QED) is 0.401. The zero-order valence-corrected chi connectivity index (χ0v) is 17.2. The molecule has 0 spiro atoms. The molecule has 19 heavy (non-hydrogen) atoms. The van der Waals surface area contributed by atoms with Crippen LogP contribution in [0.5, 0.6) is 0 Å². The molecule has 0 aliphatic heterocycles. The Morgan fingerprint density at radius 3 is 2.58 bits per heavy atom. The third-order valence-electron chi connectivity index (χ3n) is 2.66. The number of nitrogens with one attached hydrogen (secondary N) is 1. The highest BCUT2D eigenvalue weighted by molar-refractivity contribution is 14.1. The molecular weight excluding hydrogens is 583 g/mol. The lowest BCUT2D eigenvalue weighted by Gasteiger charge is -2.23. The van der Waals surface area contributed by atoms with Crippen molar-refractivity contribution < 1.29 is 9.90 Å². The Hall–Kier alpha value is 0.840. The third kappa shape index (κ3) is 5.62. The van der Waals surface area contributed by atoms with Crippen molar-refractivity contribution in [2.75, 3.05) is 6.54 Å². The van der Waals surface area contributed by atoms with Gasteiger partial charge >= 0.3 is 0 Å². The lowest BCUT2D eigenvalue weighted by atomic mass is 10.0. The molecule has 0 heterocycles. The number of carbonyl (C=O) groups is 1. The van der Waals surface area contributed by atoms with E-state index in [1.54, 1.807) is 6.92 Å². The molecule has 1 amide bonds. The molecule has 1 rings (SSSR count). The van der Waals surface area contributed by atoms with E-state index in [1.165, 1.54) is 0 Å². The van der Waals surface area contributed by atoms with Crippen molar-refractivity contribution >= 4 is 73.7 Å². The molecule has 1 unspecified atom stereocenters. The van der Waals surface area contributed by atoms with Crippen molar-refractivity contribution in [1.82, 2.24) is 5.32 Å². The SMILES string of the molecule is CCCC(C)(O)CNC(=O)c1cc(I)cc(I)c1I. The van der Waals surface area contributed by atoms with Crippen LogP contribution in [0.1, 0.15) is 37.0 Å². The second-order valence-electron chi connectivity index (χ2n) is 4.68. The van der Waals surface area contributed by atoms with Gasteiger partial charge in [0.2, 0.25) is 0 Å². The van der Waals surface area contributed by atoms with Crippen molar-refractivity contribution in [3.8, 4) is 0 Å². The van der Waals surface area contributed by atoms with Gasteiger partial charge in [0.15, 0.2) is 0 Å². The van der Waals surface area contributed by atoms with Gasteiger partial charge < -0.3 is 10.4 Å². The van der Waals surface area contributed by atoms with Crippen LogP contribution in [0.2, 0.25) is 0 Å². The van der Waals surface area contributed by atoms with E-state index in [4.69, 9.17) is 0 Å². The van der Waals surface area contributed by atoms with Crippen LogP contribution in [0.25, 0.3) is 0 Å². The summed E-state index contributed by atoms with van der Waals surface area (Å²) < 4.78 is 3.05. The van der Waals surface area contributed by atoms with Gasteiger partial charge in [-0.15, -0.1) is 0 Å². The van der Waals surface area contributed by atoms with E-state index in [0.717, 1.165) is 17.1 Å². The number of benzene rings is 1. The Morgan fingerprint density at radius 1 is 1.37 bits per heavy atom. The normalized spacial score (nSPS) is 14.0. The minimum atomic E-state index is -0.842. The van der Waals surface area contributed by atoms with Crippen LogP contribution in [-0.4, -0.2) is 23.2 Å². The fourth-order valence-electron chi connectivity index (χ4n) is 1.71. The van der Waals surface area contributed by atoms with Gasteiger partial charge in [0.25, 0.3) is 5.91 Å². The highest BCUT2D eigenvalue weighted by Gasteiger charge is 2.21. The maximum atomic E-state index is 12.2. The van der Waals surface area contributed by atoms with E-state index in [1.807, 2.05) is 19.1 Å². The predicted molar refractivity (Wildman–Crippen MR) is 102 cm³/mol. The number of hydrogen-bond acceptors (Lipinski definition) is 2. The standard InChI is InChI=1S/C13H16I3NO2/c1-3-4-13(2,19)7-17-12(18)9-5-8(14)6-10(15)11(9)16/h5-6,19H,3-4,7H2,1-2H3,(H,17,18). The monoisotopic (exact) mass is 599 g/mol.